The van der Waals surface area contributed by atoms with E-state index in [1.165, 1.54) is 6.08 Å². The lowest BCUT2D eigenvalue weighted by molar-refractivity contribution is -0.127. The fourth-order valence-corrected chi connectivity index (χ4v) is 1.93. The summed E-state index contributed by atoms with van der Waals surface area (Å²) in [7, 11) is 0. The molecule has 0 saturated heterocycles. The van der Waals surface area contributed by atoms with Gasteiger partial charge in [0.1, 0.15) is 0 Å². The molecule has 2 rings (SSSR count). The van der Waals surface area contributed by atoms with Crippen molar-refractivity contribution < 1.29 is 9.90 Å². The summed E-state index contributed by atoms with van der Waals surface area (Å²) in [4.78, 5) is 18.0. The molecule has 4 heteroatoms. The topological polar surface area (TPSA) is 53.4 Å². The Morgan fingerprint density at radius 2 is 1.90 bits per heavy atom. The molecule has 0 fully saturated rings. The van der Waals surface area contributed by atoms with Gasteiger partial charge in [0.25, 0.3) is 0 Å². The maximum absolute atomic E-state index is 12.2. The van der Waals surface area contributed by atoms with E-state index < -0.39 is 0 Å². The molecule has 0 aliphatic rings. The van der Waals surface area contributed by atoms with Crippen LogP contribution in [0.1, 0.15) is 11.3 Å². The van der Waals surface area contributed by atoms with E-state index in [9.17, 15) is 4.79 Å². The summed E-state index contributed by atoms with van der Waals surface area (Å²) in [5.74, 6) is -0.140. The van der Waals surface area contributed by atoms with Gasteiger partial charge in [-0.1, -0.05) is 36.4 Å². The van der Waals surface area contributed by atoms with Gasteiger partial charge in [-0.15, -0.1) is 0 Å². The second-order valence-corrected chi connectivity index (χ2v) is 4.56. The van der Waals surface area contributed by atoms with Gasteiger partial charge in [0.2, 0.25) is 5.91 Å². The van der Waals surface area contributed by atoms with Crippen LogP contribution in [0.5, 0.6) is 0 Å². The second-order valence-electron chi connectivity index (χ2n) is 4.56. The van der Waals surface area contributed by atoms with E-state index in [0.29, 0.717) is 13.1 Å². The maximum atomic E-state index is 12.2. The monoisotopic (exact) mass is 282 g/mol. The minimum Gasteiger partial charge on any atom is -0.395 e. The van der Waals surface area contributed by atoms with Crippen LogP contribution in [0.3, 0.4) is 0 Å². The fourth-order valence-electron chi connectivity index (χ4n) is 1.93. The van der Waals surface area contributed by atoms with Gasteiger partial charge in [-0.05, 0) is 23.8 Å². The van der Waals surface area contributed by atoms with E-state index in [1.807, 2.05) is 48.5 Å². The molecule has 0 aliphatic heterocycles. The zero-order valence-electron chi connectivity index (χ0n) is 11.7. The molecule has 2 aromatic rings. The van der Waals surface area contributed by atoms with Crippen LogP contribution < -0.4 is 0 Å². The molecule has 1 aromatic carbocycles. The molecule has 1 N–H and O–H groups in total. The van der Waals surface area contributed by atoms with Gasteiger partial charge in [-0.25, -0.2) is 0 Å². The van der Waals surface area contributed by atoms with Crippen molar-refractivity contribution in [1.29, 1.82) is 0 Å². The van der Waals surface area contributed by atoms with Crippen molar-refractivity contribution in [1.82, 2.24) is 9.88 Å². The summed E-state index contributed by atoms with van der Waals surface area (Å²) in [5, 5.41) is 9.12. The first kappa shape index (κ1) is 14.9. The van der Waals surface area contributed by atoms with Crippen LogP contribution in [0.15, 0.2) is 60.8 Å². The number of aliphatic hydroxyl groups is 1. The van der Waals surface area contributed by atoms with Crippen LogP contribution in [0, 0.1) is 0 Å². The Bertz CT molecular complexity index is 582. The van der Waals surface area contributed by atoms with E-state index in [0.717, 1.165) is 11.3 Å². The lowest BCUT2D eigenvalue weighted by Gasteiger charge is -2.20. The highest BCUT2D eigenvalue weighted by molar-refractivity contribution is 5.91. The number of rotatable bonds is 6. The predicted octanol–water partition coefficient (Wildman–Crippen LogP) is 2.12. The first-order chi connectivity index (χ1) is 10.3. The van der Waals surface area contributed by atoms with Gasteiger partial charge in [0, 0.05) is 25.4 Å². The number of nitrogens with zero attached hydrogens (tertiary/aromatic N) is 2. The van der Waals surface area contributed by atoms with Crippen molar-refractivity contribution in [3.8, 4) is 0 Å². The Labute approximate surface area is 124 Å². The second kappa shape index (κ2) is 7.97. The minimum absolute atomic E-state index is 0.0595. The first-order valence-corrected chi connectivity index (χ1v) is 6.82. The maximum Gasteiger partial charge on any atom is 0.247 e. The third-order valence-electron chi connectivity index (χ3n) is 2.98. The molecule has 0 radical (unpaired) electrons. The Balaban J connectivity index is 2.03. The van der Waals surface area contributed by atoms with Crippen molar-refractivity contribution in [3.63, 3.8) is 0 Å². The van der Waals surface area contributed by atoms with Crippen LogP contribution in [-0.4, -0.2) is 34.0 Å². The molecule has 0 atom stereocenters. The molecule has 21 heavy (non-hydrogen) atoms. The van der Waals surface area contributed by atoms with E-state index in [-0.39, 0.29) is 12.5 Å². The first-order valence-electron chi connectivity index (χ1n) is 6.82. The molecule has 0 bridgehead atoms. The SMILES string of the molecule is O=C(/C=C/c1ccccn1)N(CCO)Cc1ccccc1. The summed E-state index contributed by atoms with van der Waals surface area (Å²) in [6.07, 6.45) is 4.85. The number of benzene rings is 1. The Hall–Kier alpha value is -2.46. The van der Waals surface area contributed by atoms with Gasteiger partial charge in [0.05, 0.1) is 12.3 Å². The third kappa shape index (κ3) is 4.85. The van der Waals surface area contributed by atoms with Gasteiger partial charge in [-0.2, -0.15) is 0 Å². The molecule has 1 amide bonds. The predicted molar refractivity (Wildman–Crippen MR) is 82.2 cm³/mol. The summed E-state index contributed by atoms with van der Waals surface area (Å²) < 4.78 is 0. The molecule has 0 aliphatic carbocycles. The summed E-state index contributed by atoms with van der Waals surface area (Å²) in [6, 6.07) is 15.2. The summed E-state index contributed by atoms with van der Waals surface area (Å²) in [6.45, 7) is 0.725. The molecule has 0 spiro atoms. The number of aromatic nitrogens is 1. The summed E-state index contributed by atoms with van der Waals surface area (Å²) >= 11 is 0. The molecule has 0 saturated carbocycles. The number of pyridine rings is 1. The van der Waals surface area contributed by atoms with Crippen molar-refractivity contribution in [2.75, 3.05) is 13.2 Å². The highest BCUT2D eigenvalue weighted by Crippen LogP contribution is 2.06. The van der Waals surface area contributed by atoms with Crippen molar-refractivity contribution in [2.45, 2.75) is 6.54 Å². The third-order valence-corrected chi connectivity index (χ3v) is 2.98. The number of carbonyl (C=O) groups is 1. The van der Waals surface area contributed by atoms with E-state index >= 15 is 0 Å². The summed E-state index contributed by atoms with van der Waals surface area (Å²) in [5.41, 5.74) is 1.76. The number of amides is 1. The highest BCUT2D eigenvalue weighted by Gasteiger charge is 2.10. The van der Waals surface area contributed by atoms with E-state index in [1.54, 1.807) is 17.2 Å². The zero-order chi connectivity index (χ0) is 14.9. The van der Waals surface area contributed by atoms with Crippen molar-refractivity contribution in [2.24, 2.45) is 0 Å². The number of carbonyl (C=O) groups excluding carboxylic acids is 1. The van der Waals surface area contributed by atoms with Crippen LogP contribution in [0.4, 0.5) is 0 Å². The Morgan fingerprint density at radius 1 is 1.14 bits per heavy atom. The standard InChI is InChI=1S/C17H18N2O2/c20-13-12-19(14-15-6-2-1-3-7-15)17(21)10-9-16-8-4-5-11-18-16/h1-11,20H,12-14H2/b10-9+. The molecular formula is C17H18N2O2. The molecule has 108 valence electrons. The molecule has 0 unspecified atom stereocenters. The van der Waals surface area contributed by atoms with Crippen LogP contribution in [0.25, 0.3) is 6.08 Å². The van der Waals surface area contributed by atoms with Gasteiger partial charge in [0.15, 0.2) is 0 Å². The van der Waals surface area contributed by atoms with Crippen LogP contribution in [0.2, 0.25) is 0 Å². The largest absolute Gasteiger partial charge is 0.395 e. The van der Waals surface area contributed by atoms with Crippen LogP contribution >= 0.6 is 0 Å². The van der Waals surface area contributed by atoms with E-state index in [4.69, 9.17) is 5.11 Å². The van der Waals surface area contributed by atoms with Gasteiger partial charge >= 0.3 is 0 Å². The number of hydrogen-bond donors (Lipinski definition) is 1. The highest BCUT2D eigenvalue weighted by atomic mass is 16.3. The lowest BCUT2D eigenvalue weighted by Crippen LogP contribution is -2.31. The Morgan fingerprint density at radius 3 is 2.57 bits per heavy atom. The smallest absolute Gasteiger partial charge is 0.247 e. The average molecular weight is 282 g/mol. The van der Waals surface area contributed by atoms with Gasteiger partial charge in [-0.3, -0.25) is 9.78 Å². The lowest BCUT2D eigenvalue weighted by atomic mass is 10.2. The number of hydrogen-bond acceptors (Lipinski definition) is 3. The fraction of sp³-hybridized carbons (Fsp3) is 0.176. The zero-order valence-corrected chi connectivity index (χ0v) is 11.7. The van der Waals surface area contributed by atoms with Crippen molar-refractivity contribution >= 4 is 12.0 Å². The molecule has 1 heterocycles. The van der Waals surface area contributed by atoms with Crippen molar-refractivity contribution in [3.05, 3.63) is 72.1 Å². The quantitative estimate of drug-likeness (QED) is 0.826. The van der Waals surface area contributed by atoms with Crippen LogP contribution in [-0.2, 0) is 11.3 Å². The van der Waals surface area contributed by atoms with E-state index in [2.05, 4.69) is 4.98 Å². The Kier molecular flexibility index (Phi) is 5.67. The van der Waals surface area contributed by atoms with Gasteiger partial charge < -0.3 is 10.0 Å². The molecular weight excluding hydrogens is 264 g/mol. The average Bonchev–Trinajstić information content (AvgIpc) is 2.54. The molecule has 1 aromatic heterocycles. The molecule has 4 nitrogen and oxygen atoms in total. The normalized spacial score (nSPS) is 10.7. The number of aliphatic hydroxyl groups excluding tert-OH is 1. The minimum atomic E-state index is -0.140.